The van der Waals surface area contributed by atoms with Gasteiger partial charge in [-0.05, 0) is 19.3 Å². The molecule has 0 rings (SSSR count). The predicted octanol–water partition coefficient (Wildman–Crippen LogP) is 12.6. The van der Waals surface area contributed by atoms with Gasteiger partial charge in [-0.3, -0.25) is 0 Å². The highest BCUT2D eigenvalue weighted by molar-refractivity contribution is 4.57. The Morgan fingerprint density at radius 2 is 0.625 bits per heavy atom. The first kappa shape index (κ1) is 39.9. The number of likely N-dealkylation sites (N-methyl/N-ethyl adjacent to an activating group) is 1. The molecule has 0 radical (unpaired) electrons. The van der Waals surface area contributed by atoms with Crippen LogP contribution in [0.2, 0.25) is 0 Å². The van der Waals surface area contributed by atoms with Crippen LogP contribution in [0.25, 0.3) is 0 Å². The second kappa shape index (κ2) is 31.8. The lowest BCUT2D eigenvalue weighted by Crippen LogP contribution is -2.45. The highest BCUT2D eigenvalue weighted by atomic mass is 16.3. The van der Waals surface area contributed by atoms with Gasteiger partial charge in [0.05, 0.1) is 20.6 Å². The lowest BCUT2D eigenvalue weighted by atomic mass is 10.0. The van der Waals surface area contributed by atoms with Crippen LogP contribution >= 0.6 is 0 Å². The Labute approximate surface area is 255 Å². The number of nitrogens with zero attached hydrogens (tertiary/aromatic N) is 1. The Hall–Kier alpha value is -0.0800. The summed E-state index contributed by atoms with van der Waals surface area (Å²) < 4.78 is 0.984. The standard InChI is InChI=1S/C38H80NO/c1-5-7-9-11-13-15-17-19-21-22-24-26-28-30-32-34-36-39(3,4)37-38(40)35-33-31-29-27-25-23-20-18-16-14-12-10-8-6-2/h38,40H,5-37H2,1-4H3/q+1. The molecule has 0 aliphatic carbocycles. The highest BCUT2D eigenvalue weighted by Gasteiger charge is 2.19. The van der Waals surface area contributed by atoms with Crippen molar-refractivity contribution < 1.29 is 9.59 Å². The van der Waals surface area contributed by atoms with E-state index in [1.807, 2.05) is 0 Å². The fourth-order valence-corrected chi connectivity index (χ4v) is 6.42. The second-order valence-corrected chi connectivity index (χ2v) is 14.2. The average Bonchev–Trinajstić information content (AvgIpc) is 2.92. The van der Waals surface area contributed by atoms with E-state index in [9.17, 15) is 5.11 Å². The number of hydrogen-bond donors (Lipinski definition) is 1. The Morgan fingerprint density at radius 3 is 0.925 bits per heavy atom. The molecule has 1 N–H and O–H groups in total. The number of aliphatic hydroxyl groups excluding tert-OH is 1. The first-order valence-electron chi connectivity index (χ1n) is 19.0. The molecule has 1 atom stereocenters. The maximum atomic E-state index is 10.6. The van der Waals surface area contributed by atoms with Crippen LogP contribution in [-0.2, 0) is 0 Å². The minimum atomic E-state index is -0.117. The molecule has 0 saturated heterocycles. The first-order chi connectivity index (χ1) is 19.5. The number of hydrogen-bond acceptors (Lipinski definition) is 1. The van der Waals surface area contributed by atoms with E-state index in [0.29, 0.717) is 0 Å². The number of quaternary nitrogens is 1. The number of aliphatic hydroxyl groups is 1. The fourth-order valence-electron chi connectivity index (χ4n) is 6.42. The van der Waals surface area contributed by atoms with Crippen molar-refractivity contribution in [3.8, 4) is 0 Å². The minimum Gasteiger partial charge on any atom is -0.387 e. The quantitative estimate of drug-likeness (QED) is 0.0606. The topological polar surface area (TPSA) is 20.2 Å². The lowest BCUT2D eigenvalue weighted by molar-refractivity contribution is -0.893. The van der Waals surface area contributed by atoms with Gasteiger partial charge in [0.1, 0.15) is 12.6 Å². The van der Waals surface area contributed by atoms with Crippen LogP contribution in [0.1, 0.15) is 213 Å². The van der Waals surface area contributed by atoms with E-state index in [-0.39, 0.29) is 6.10 Å². The van der Waals surface area contributed by atoms with Crippen molar-refractivity contribution >= 4 is 0 Å². The van der Waals surface area contributed by atoms with Crippen LogP contribution in [0, 0.1) is 0 Å². The summed E-state index contributed by atoms with van der Waals surface area (Å²) in [4.78, 5) is 0. The maximum absolute atomic E-state index is 10.6. The fraction of sp³-hybridized carbons (Fsp3) is 1.00. The van der Waals surface area contributed by atoms with E-state index >= 15 is 0 Å². The summed E-state index contributed by atoms with van der Waals surface area (Å²) >= 11 is 0. The predicted molar refractivity (Wildman–Crippen MR) is 182 cm³/mol. The van der Waals surface area contributed by atoms with Gasteiger partial charge in [0.2, 0.25) is 0 Å². The summed E-state index contributed by atoms with van der Waals surface area (Å²) in [6, 6.07) is 0. The minimum absolute atomic E-state index is 0.117. The molecule has 0 aliphatic rings. The maximum Gasteiger partial charge on any atom is 0.105 e. The molecule has 0 spiro atoms. The van der Waals surface area contributed by atoms with Crippen LogP contribution in [-0.4, -0.2) is 42.9 Å². The van der Waals surface area contributed by atoms with Gasteiger partial charge in [-0.2, -0.15) is 0 Å². The largest absolute Gasteiger partial charge is 0.387 e. The van der Waals surface area contributed by atoms with Crippen LogP contribution in [0.5, 0.6) is 0 Å². The molecule has 0 bridgehead atoms. The molecule has 0 saturated carbocycles. The molecular formula is C38H80NO+. The van der Waals surface area contributed by atoms with E-state index in [2.05, 4.69) is 27.9 Å². The molecule has 40 heavy (non-hydrogen) atoms. The van der Waals surface area contributed by atoms with Crippen molar-refractivity contribution in [2.45, 2.75) is 219 Å². The van der Waals surface area contributed by atoms with Crippen molar-refractivity contribution in [2.75, 3.05) is 27.2 Å². The van der Waals surface area contributed by atoms with Crippen molar-refractivity contribution in [3.05, 3.63) is 0 Å². The van der Waals surface area contributed by atoms with Gasteiger partial charge in [0, 0.05) is 0 Å². The van der Waals surface area contributed by atoms with Gasteiger partial charge < -0.3 is 9.59 Å². The van der Waals surface area contributed by atoms with Crippen molar-refractivity contribution in [3.63, 3.8) is 0 Å². The molecule has 0 aromatic rings. The zero-order valence-electron chi connectivity index (χ0n) is 28.8. The molecule has 0 aliphatic heterocycles. The summed E-state index contributed by atoms with van der Waals surface area (Å²) in [6.07, 6.45) is 43.4. The van der Waals surface area contributed by atoms with Crippen LogP contribution < -0.4 is 0 Å². The zero-order valence-corrected chi connectivity index (χ0v) is 28.8. The van der Waals surface area contributed by atoms with Crippen molar-refractivity contribution in [1.29, 1.82) is 0 Å². The van der Waals surface area contributed by atoms with E-state index in [0.717, 1.165) is 17.4 Å². The van der Waals surface area contributed by atoms with Crippen LogP contribution in [0.3, 0.4) is 0 Å². The third kappa shape index (κ3) is 32.4. The monoisotopic (exact) mass is 567 g/mol. The Balaban J connectivity index is 3.39. The number of unbranched alkanes of at least 4 members (excludes halogenated alkanes) is 28. The molecular weight excluding hydrogens is 486 g/mol. The normalized spacial score (nSPS) is 12.8. The first-order valence-corrected chi connectivity index (χ1v) is 19.0. The van der Waals surface area contributed by atoms with Crippen molar-refractivity contribution in [1.82, 2.24) is 0 Å². The molecule has 0 heterocycles. The molecule has 1 unspecified atom stereocenters. The Bertz CT molecular complexity index is 462. The van der Waals surface area contributed by atoms with Crippen molar-refractivity contribution in [2.24, 2.45) is 0 Å². The van der Waals surface area contributed by atoms with E-state index in [1.165, 1.54) is 199 Å². The van der Waals surface area contributed by atoms with Crippen LogP contribution in [0.4, 0.5) is 0 Å². The summed E-state index contributed by atoms with van der Waals surface area (Å²) in [5.74, 6) is 0. The third-order valence-corrected chi connectivity index (χ3v) is 9.21. The second-order valence-electron chi connectivity index (χ2n) is 14.2. The number of rotatable bonds is 34. The lowest BCUT2D eigenvalue weighted by Gasteiger charge is -2.32. The van der Waals surface area contributed by atoms with E-state index in [4.69, 9.17) is 0 Å². The van der Waals surface area contributed by atoms with Crippen LogP contribution in [0.15, 0.2) is 0 Å². The molecule has 242 valence electrons. The van der Waals surface area contributed by atoms with Gasteiger partial charge in [-0.1, -0.05) is 194 Å². The highest BCUT2D eigenvalue weighted by Crippen LogP contribution is 2.16. The summed E-state index contributed by atoms with van der Waals surface area (Å²) in [5.41, 5.74) is 0. The summed E-state index contributed by atoms with van der Waals surface area (Å²) in [5, 5.41) is 10.6. The van der Waals surface area contributed by atoms with Gasteiger partial charge in [0.25, 0.3) is 0 Å². The van der Waals surface area contributed by atoms with Gasteiger partial charge >= 0.3 is 0 Å². The smallest absolute Gasteiger partial charge is 0.105 e. The Kier molecular flexibility index (Phi) is 31.8. The molecule has 0 fully saturated rings. The molecule has 0 amide bonds. The molecule has 2 nitrogen and oxygen atoms in total. The Morgan fingerprint density at radius 1 is 0.375 bits per heavy atom. The van der Waals surface area contributed by atoms with Gasteiger partial charge in [0.15, 0.2) is 0 Å². The van der Waals surface area contributed by atoms with E-state index in [1.54, 1.807) is 0 Å². The molecule has 2 heteroatoms. The summed E-state index contributed by atoms with van der Waals surface area (Å²) in [7, 11) is 4.64. The summed E-state index contributed by atoms with van der Waals surface area (Å²) in [6.45, 7) is 6.74. The third-order valence-electron chi connectivity index (χ3n) is 9.21. The van der Waals surface area contributed by atoms with Gasteiger partial charge in [-0.15, -0.1) is 0 Å². The molecule has 0 aromatic carbocycles. The zero-order chi connectivity index (χ0) is 29.4. The SMILES string of the molecule is CCCCCCCCCCCCCCCCCC[N+](C)(C)CC(O)CCCCCCCCCCCCCCCC. The van der Waals surface area contributed by atoms with E-state index < -0.39 is 0 Å². The average molecular weight is 567 g/mol. The molecule has 0 aromatic heterocycles. The van der Waals surface area contributed by atoms with Gasteiger partial charge in [-0.25, -0.2) is 0 Å².